The predicted octanol–water partition coefficient (Wildman–Crippen LogP) is 2.78. The number of thiophene rings is 1. The molecule has 0 saturated heterocycles. The second-order valence-corrected chi connectivity index (χ2v) is 6.44. The van der Waals surface area contributed by atoms with Crippen LogP contribution in [0.5, 0.6) is 0 Å². The molecule has 1 unspecified atom stereocenters. The van der Waals surface area contributed by atoms with Crippen LogP contribution in [0.3, 0.4) is 0 Å². The van der Waals surface area contributed by atoms with Crippen molar-refractivity contribution in [3.05, 3.63) is 22.4 Å². The maximum absolute atomic E-state index is 9.72. The molecule has 16 heavy (non-hydrogen) atoms. The highest BCUT2D eigenvalue weighted by molar-refractivity contribution is 7.09. The van der Waals surface area contributed by atoms with Crippen molar-refractivity contribution in [1.29, 1.82) is 0 Å². The predicted molar refractivity (Wildman–Crippen MR) is 68.6 cm³/mol. The first kappa shape index (κ1) is 12.1. The molecule has 1 atom stereocenters. The van der Waals surface area contributed by atoms with E-state index in [1.807, 2.05) is 0 Å². The first-order valence-electron chi connectivity index (χ1n) is 5.98. The lowest BCUT2D eigenvalue weighted by atomic mass is 9.75. The van der Waals surface area contributed by atoms with Crippen LogP contribution >= 0.6 is 11.3 Å². The fourth-order valence-corrected chi connectivity index (χ4v) is 3.40. The first-order chi connectivity index (χ1) is 7.60. The van der Waals surface area contributed by atoms with Crippen molar-refractivity contribution in [2.45, 2.75) is 45.2 Å². The highest BCUT2D eigenvalue weighted by atomic mass is 32.1. The molecule has 1 heterocycles. The van der Waals surface area contributed by atoms with Crippen molar-refractivity contribution in [2.24, 2.45) is 5.41 Å². The molecule has 1 aromatic heterocycles. The molecule has 0 bridgehead atoms. The van der Waals surface area contributed by atoms with Gasteiger partial charge in [-0.15, -0.1) is 11.3 Å². The molecule has 0 radical (unpaired) electrons. The Balaban J connectivity index is 2.05. The zero-order valence-corrected chi connectivity index (χ0v) is 10.9. The van der Waals surface area contributed by atoms with Gasteiger partial charge in [0, 0.05) is 17.0 Å². The Hall–Kier alpha value is -0.380. The molecule has 2 nitrogen and oxygen atoms in total. The lowest BCUT2D eigenvalue weighted by molar-refractivity contribution is 0.0738. The maximum Gasteiger partial charge on any atom is 0.0618 e. The van der Waals surface area contributed by atoms with E-state index in [0.29, 0.717) is 0 Å². The Morgan fingerprint density at radius 1 is 1.44 bits per heavy atom. The van der Waals surface area contributed by atoms with Crippen molar-refractivity contribution in [2.75, 3.05) is 6.61 Å². The molecule has 1 aromatic rings. The smallest absolute Gasteiger partial charge is 0.0618 e. The zero-order chi connectivity index (χ0) is 11.6. The van der Waals surface area contributed by atoms with E-state index in [4.69, 9.17) is 0 Å². The van der Waals surface area contributed by atoms with Crippen molar-refractivity contribution >= 4 is 11.3 Å². The number of hydrogen-bond acceptors (Lipinski definition) is 3. The summed E-state index contributed by atoms with van der Waals surface area (Å²) < 4.78 is 0. The lowest BCUT2D eigenvalue weighted by Gasteiger charge is -2.41. The van der Waals surface area contributed by atoms with Crippen LogP contribution < -0.4 is 5.32 Å². The summed E-state index contributed by atoms with van der Waals surface area (Å²) in [6.45, 7) is 5.64. The normalized spacial score (nSPS) is 28.4. The molecule has 1 aliphatic carbocycles. The summed E-state index contributed by atoms with van der Waals surface area (Å²) in [6, 6.07) is 4.22. The average Bonchev–Trinajstić information content (AvgIpc) is 2.83. The number of hydrogen-bond donors (Lipinski definition) is 2. The van der Waals surface area contributed by atoms with Gasteiger partial charge >= 0.3 is 0 Å². The summed E-state index contributed by atoms with van der Waals surface area (Å²) in [5.41, 5.74) is 0.107. The Bertz CT molecular complexity index is 334. The molecule has 1 saturated carbocycles. The van der Waals surface area contributed by atoms with Crippen LogP contribution in [0, 0.1) is 5.41 Å². The van der Waals surface area contributed by atoms with E-state index in [2.05, 4.69) is 36.7 Å². The Labute approximate surface area is 102 Å². The Morgan fingerprint density at radius 3 is 2.75 bits per heavy atom. The van der Waals surface area contributed by atoms with E-state index in [1.165, 1.54) is 17.7 Å². The van der Waals surface area contributed by atoms with Gasteiger partial charge < -0.3 is 10.4 Å². The van der Waals surface area contributed by atoms with Gasteiger partial charge in [-0.3, -0.25) is 0 Å². The molecule has 2 rings (SSSR count). The van der Waals surface area contributed by atoms with Gasteiger partial charge in [0.25, 0.3) is 0 Å². The summed E-state index contributed by atoms with van der Waals surface area (Å²) >= 11 is 1.77. The van der Waals surface area contributed by atoms with Gasteiger partial charge in [-0.05, 0) is 29.7 Å². The largest absolute Gasteiger partial charge is 0.394 e. The highest BCUT2D eigenvalue weighted by Crippen LogP contribution is 2.45. The molecule has 3 heteroatoms. The van der Waals surface area contributed by atoms with Crippen molar-refractivity contribution < 1.29 is 5.11 Å². The van der Waals surface area contributed by atoms with Gasteiger partial charge in [0.2, 0.25) is 0 Å². The van der Waals surface area contributed by atoms with Crippen LogP contribution in [-0.4, -0.2) is 17.3 Å². The number of nitrogens with one attached hydrogen (secondary N) is 1. The molecule has 0 aromatic carbocycles. The molecule has 1 fully saturated rings. The summed E-state index contributed by atoms with van der Waals surface area (Å²) in [5.74, 6) is 0. The quantitative estimate of drug-likeness (QED) is 0.847. The summed E-state index contributed by atoms with van der Waals surface area (Å²) in [4.78, 5) is 1.34. The van der Waals surface area contributed by atoms with E-state index in [0.717, 1.165) is 13.0 Å². The molecule has 0 aliphatic heterocycles. The van der Waals surface area contributed by atoms with E-state index >= 15 is 0 Å². The maximum atomic E-state index is 9.72. The second kappa shape index (κ2) is 4.47. The summed E-state index contributed by atoms with van der Waals surface area (Å²) in [6.07, 6.45) is 3.50. The van der Waals surface area contributed by atoms with E-state index in [-0.39, 0.29) is 17.6 Å². The molecule has 1 aliphatic rings. The van der Waals surface area contributed by atoms with E-state index < -0.39 is 0 Å². The topological polar surface area (TPSA) is 32.3 Å². The third-order valence-corrected chi connectivity index (χ3v) is 5.03. The summed E-state index contributed by atoms with van der Waals surface area (Å²) in [5, 5.41) is 15.4. The summed E-state index contributed by atoms with van der Waals surface area (Å²) in [7, 11) is 0. The second-order valence-electron chi connectivity index (χ2n) is 5.41. The fraction of sp³-hybridized carbons (Fsp3) is 0.692. The Kier molecular flexibility index (Phi) is 3.38. The van der Waals surface area contributed by atoms with E-state index in [9.17, 15) is 5.11 Å². The third kappa shape index (κ3) is 2.04. The van der Waals surface area contributed by atoms with Gasteiger partial charge in [-0.25, -0.2) is 0 Å². The molecule has 2 N–H and O–H groups in total. The number of aliphatic hydroxyl groups excluding tert-OH is 1. The van der Waals surface area contributed by atoms with Gasteiger partial charge in [0.1, 0.15) is 0 Å². The number of aliphatic hydroxyl groups is 1. The van der Waals surface area contributed by atoms with Crippen molar-refractivity contribution in [1.82, 2.24) is 5.32 Å². The van der Waals surface area contributed by atoms with Crippen LogP contribution in [0.15, 0.2) is 17.5 Å². The number of rotatable bonds is 4. The third-order valence-electron chi connectivity index (χ3n) is 4.15. The minimum atomic E-state index is -0.0863. The molecular weight excluding hydrogens is 218 g/mol. The molecule has 0 amide bonds. The van der Waals surface area contributed by atoms with E-state index in [1.54, 1.807) is 11.3 Å². The van der Waals surface area contributed by atoms with Gasteiger partial charge in [0.15, 0.2) is 0 Å². The van der Waals surface area contributed by atoms with Crippen LogP contribution in [0.4, 0.5) is 0 Å². The standard InChI is InChI=1S/C13H21NOS/c1-12(2)6-4-7-13(12,10-15)14-9-11-5-3-8-16-11/h3,5,8,14-15H,4,6-7,9-10H2,1-2H3. The lowest BCUT2D eigenvalue weighted by Crippen LogP contribution is -2.55. The molecule has 90 valence electrons. The minimum absolute atomic E-state index is 0.0863. The van der Waals surface area contributed by atoms with Crippen molar-refractivity contribution in [3.8, 4) is 0 Å². The molecule has 0 spiro atoms. The molecular formula is C13H21NOS. The highest BCUT2D eigenvalue weighted by Gasteiger charge is 2.47. The van der Waals surface area contributed by atoms with Crippen LogP contribution in [0.2, 0.25) is 0 Å². The minimum Gasteiger partial charge on any atom is -0.394 e. The van der Waals surface area contributed by atoms with Crippen LogP contribution in [-0.2, 0) is 6.54 Å². The average molecular weight is 239 g/mol. The van der Waals surface area contributed by atoms with Crippen molar-refractivity contribution in [3.63, 3.8) is 0 Å². The Morgan fingerprint density at radius 2 is 2.25 bits per heavy atom. The van der Waals surface area contributed by atoms with Crippen LogP contribution in [0.25, 0.3) is 0 Å². The monoisotopic (exact) mass is 239 g/mol. The SMILES string of the molecule is CC1(C)CCCC1(CO)NCc1cccs1. The zero-order valence-electron chi connectivity index (χ0n) is 10.1. The van der Waals surface area contributed by atoms with Gasteiger partial charge in [-0.2, -0.15) is 0 Å². The first-order valence-corrected chi connectivity index (χ1v) is 6.86. The van der Waals surface area contributed by atoms with Gasteiger partial charge in [0.05, 0.1) is 6.61 Å². The van der Waals surface area contributed by atoms with Crippen LogP contribution in [0.1, 0.15) is 38.0 Å². The van der Waals surface area contributed by atoms with Gasteiger partial charge in [-0.1, -0.05) is 26.3 Å². The fourth-order valence-electron chi connectivity index (χ4n) is 2.76.